The van der Waals surface area contributed by atoms with Crippen LogP contribution in [0.2, 0.25) is 6.04 Å². The highest BCUT2D eigenvalue weighted by atomic mass is 80.0. The molecule has 0 radical (unpaired) electrons. The summed E-state index contributed by atoms with van der Waals surface area (Å²) in [6.07, 6.45) is 5.37. The maximum absolute atomic E-state index is 3.68. The lowest BCUT2D eigenvalue weighted by atomic mass is 10.0. The molecule has 0 nitrogen and oxygen atoms in total. The lowest BCUT2D eigenvalue weighted by Crippen LogP contribution is -2.13. The summed E-state index contributed by atoms with van der Waals surface area (Å²) < 4.78 is -1.35. The van der Waals surface area contributed by atoms with Gasteiger partial charge in [-0.15, -0.1) is 0 Å². The molecule has 0 spiro atoms. The van der Waals surface area contributed by atoms with Crippen LogP contribution in [0.5, 0.6) is 0 Å². The molecule has 0 saturated carbocycles. The molecule has 0 N–H and O–H groups in total. The van der Waals surface area contributed by atoms with Gasteiger partial charge >= 0.3 is 0 Å². The van der Waals surface area contributed by atoms with Crippen LogP contribution in [-0.2, 0) is 0 Å². The zero-order chi connectivity index (χ0) is 9.61. The zero-order valence-corrected chi connectivity index (χ0v) is 13.5. The second kappa shape index (κ2) is 7.02. The Kier molecular flexibility index (Phi) is 7.98. The van der Waals surface area contributed by atoms with Crippen molar-refractivity contribution < 1.29 is 0 Å². The fourth-order valence-electron chi connectivity index (χ4n) is 1.27. The Morgan fingerprint density at radius 3 is 2.08 bits per heavy atom. The van der Waals surface area contributed by atoms with Gasteiger partial charge in [-0.2, -0.15) is 0 Å². The van der Waals surface area contributed by atoms with E-state index in [1.54, 1.807) is 0 Å². The van der Waals surface area contributed by atoms with E-state index in [1.807, 2.05) is 0 Å². The first-order chi connectivity index (χ1) is 5.49. The minimum Gasteiger partial charge on any atom is -0.0964 e. The van der Waals surface area contributed by atoms with Crippen molar-refractivity contribution in [1.82, 2.24) is 0 Å². The fourth-order valence-corrected chi connectivity index (χ4v) is 6.54. The highest BCUT2D eigenvalue weighted by Gasteiger charge is 2.25. The summed E-state index contributed by atoms with van der Waals surface area (Å²) in [6, 6.07) is 1.28. The molecule has 74 valence electrons. The van der Waals surface area contributed by atoms with Crippen molar-refractivity contribution in [2.75, 3.05) is 0 Å². The van der Waals surface area contributed by atoms with Crippen molar-refractivity contribution in [3.8, 4) is 0 Å². The van der Waals surface area contributed by atoms with Crippen LogP contribution in [0.25, 0.3) is 0 Å². The number of unbranched alkanes of at least 4 members (excludes halogenated alkanes) is 1. The highest BCUT2D eigenvalue weighted by Crippen LogP contribution is 2.37. The van der Waals surface area contributed by atoms with Gasteiger partial charge < -0.3 is 0 Å². The van der Waals surface area contributed by atoms with Gasteiger partial charge in [0.2, 0.25) is 0 Å². The molecule has 1 atom stereocenters. The number of halogens is 3. The minimum absolute atomic E-state index is 0.884. The van der Waals surface area contributed by atoms with Crippen molar-refractivity contribution >= 4 is 49.8 Å². The molecular weight excluding hydrogens is 364 g/mol. The van der Waals surface area contributed by atoms with Crippen molar-refractivity contribution in [2.24, 2.45) is 5.92 Å². The molecule has 0 aliphatic rings. The van der Waals surface area contributed by atoms with Crippen molar-refractivity contribution in [3.63, 3.8) is 0 Å². The Morgan fingerprint density at radius 2 is 1.75 bits per heavy atom. The Labute approximate surface area is 101 Å². The summed E-state index contributed by atoms with van der Waals surface area (Å²) in [5.41, 5.74) is 0. The SMILES string of the molecule is CCCCC(CC)C[Si](Br)(Br)Br. The molecule has 0 aromatic heterocycles. The van der Waals surface area contributed by atoms with Crippen molar-refractivity contribution in [2.45, 2.75) is 45.6 Å². The van der Waals surface area contributed by atoms with E-state index in [-0.39, 0.29) is 0 Å². The molecule has 12 heavy (non-hydrogen) atoms. The Morgan fingerprint density at radius 1 is 1.17 bits per heavy atom. The van der Waals surface area contributed by atoms with Crippen LogP contribution in [0, 0.1) is 5.92 Å². The second-order valence-electron chi connectivity index (χ2n) is 3.24. The summed E-state index contributed by atoms with van der Waals surface area (Å²) in [5.74, 6) is 0.884. The van der Waals surface area contributed by atoms with E-state index >= 15 is 0 Å². The lowest BCUT2D eigenvalue weighted by molar-refractivity contribution is 0.491. The predicted molar refractivity (Wildman–Crippen MR) is 70.6 cm³/mol. The van der Waals surface area contributed by atoms with Crippen LogP contribution in [0.1, 0.15) is 39.5 Å². The molecule has 4 heteroatoms. The fraction of sp³-hybridized carbons (Fsp3) is 1.00. The largest absolute Gasteiger partial charge is 0.267 e. The maximum Gasteiger partial charge on any atom is 0.267 e. The van der Waals surface area contributed by atoms with Crippen LogP contribution in [0.3, 0.4) is 0 Å². The van der Waals surface area contributed by atoms with Gasteiger partial charge in [0.05, 0.1) is 0 Å². The monoisotopic (exact) mass is 378 g/mol. The third-order valence-electron chi connectivity index (χ3n) is 2.06. The molecule has 0 aromatic rings. The minimum atomic E-state index is -1.35. The van der Waals surface area contributed by atoms with E-state index in [1.165, 1.54) is 31.7 Å². The van der Waals surface area contributed by atoms with E-state index in [2.05, 4.69) is 59.7 Å². The molecule has 0 bridgehead atoms. The van der Waals surface area contributed by atoms with Crippen LogP contribution in [0.4, 0.5) is 0 Å². The molecule has 0 fully saturated rings. The summed E-state index contributed by atoms with van der Waals surface area (Å²) >= 11 is 11.1. The summed E-state index contributed by atoms with van der Waals surface area (Å²) in [6.45, 7) is 4.54. The number of hydrogen-bond donors (Lipinski definition) is 0. The van der Waals surface area contributed by atoms with Crippen LogP contribution >= 0.6 is 45.9 Å². The molecule has 0 heterocycles. The summed E-state index contributed by atoms with van der Waals surface area (Å²) in [7, 11) is 0. The zero-order valence-electron chi connectivity index (χ0n) is 7.75. The average molecular weight is 381 g/mol. The molecule has 0 aromatic carbocycles. The van der Waals surface area contributed by atoms with E-state index in [0.29, 0.717) is 0 Å². The smallest absolute Gasteiger partial charge is 0.0964 e. The summed E-state index contributed by atoms with van der Waals surface area (Å²) in [4.78, 5) is 0. The second-order valence-corrected chi connectivity index (χ2v) is 26.6. The first kappa shape index (κ1) is 13.7. The van der Waals surface area contributed by atoms with Crippen molar-refractivity contribution in [1.29, 1.82) is 0 Å². The van der Waals surface area contributed by atoms with E-state index in [9.17, 15) is 0 Å². The van der Waals surface area contributed by atoms with Gasteiger partial charge in [-0.1, -0.05) is 85.4 Å². The van der Waals surface area contributed by atoms with Crippen LogP contribution < -0.4 is 0 Å². The predicted octanol–water partition coefficient (Wildman–Crippen LogP) is 5.33. The number of rotatable bonds is 6. The molecule has 0 aliphatic carbocycles. The van der Waals surface area contributed by atoms with Crippen LogP contribution in [0.15, 0.2) is 0 Å². The molecule has 0 saturated heterocycles. The van der Waals surface area contributed by atoms with E-state index in [4.69, 9.17) is 0 Å². The number of hydrogen-bond acceptors (Lipinski definition) is 0. The quantitative estimate of drug-likeness (QED) is 0.431. The van der Waals surface area contributed by atoms with Gasteiger partial charge in [0, 0.05) is 0 Å². The van der Waals surface area contributed by atoms with Gasteiger partial charge in [0.15, 0.2) is 0 Å². The molecular formula is C8H17Br3Si. The normalized spacial score (nSPS) is 14.8. The Hall–Kier alpha value is 1.66. The van der Waals surface area contributed by atoms with E-state index in [0.717, 1.165) is 5.92 Å². The van der Waals surface area contributed by atoms with Gasteiger partial charge in [0.1, 0.15) is 0 Å². The first-order valence-corrected chi connectivity index (χ1v) is 13.5. The topological polar surface area (TPSA) is 0 Å². The first-order valence-electron chi connectivity index (χ1n) is 4.56. The van der Waals surface area contributed by atoms with Crippen molar-refractivity contribution in [3.05, 3.63) is 0 Å². The molecule has 0 amide bonds. The van der Waals surface area contributed by atoms with Gasteiger partial charge in [0.25, 0.3) is 3.93 Å². The van der Waals surface area contributed by atoms with Gasteiger partial charge in [-0.25, -0.2) is 0 Å². The standard InChI is InChI=1S/C8H17Br3Si/c1-3-5-6-8(4-2)7-12(9,10)11/h8H,3-7H2,1-2H3. The Bertz CT molecular complexity index is 111. The van der Waals surface area contributed by atoms with Gasteiger partial charge in [-0.05, 0) is 12.0 Å². The molecule has 0 rings (SSSR count). The Balaban J connectivity index is 3.67. The van der Waals surface area contributed by atoms with Crippen LogP contribution in [-0.4, -0.2) is 3.93 Å². The lowest BCUT2D eigenvalue weighted by Gasteiger charge is -2.18. The van der Waals surface area contributed by atoms with E-state index < -0.39 is 3.93 Å². The third kappa shape index (κ3) is 8.26. The summed E-state index contributed by atoms with van der Waals surface area (Å²) in [5, 5.41) is 0. The molecule has 1 unspecified atom stereocenters. The average Bonchev–Trinajstić information content (AvgIpc) is 1.95. The maximum atomic E-state index is 3.68. The highest BCUT2D eigenvalue weighted by molar-refractivity contribution is 9.72. The van der Waals surface area contributed by atoms with Gasteiger partial charge in [-0.3, -0.25) is 0 Å². The third-order valence-corrected chi connectivity index (χ3v) is 6.02. The molecule has 0 aliphatic heterocycles.